The average molecular weight is 370 g/mol. The number of nitrogens with zero attached hydrogens (tertiary/aromatic N) is 2. The molecular weight excluding hydrogens is 356 g/mol. The van der Waals surface area contributed by atoms with Crippen molar-refractivity contribution in [3.63, 3.8) is 0 Å². The molecule has 0 spiro atoms. The van der Waals surface area contributed by atoms with E-state index in [0.717, 1.165) is 26.4 Å². The van der Waals surface area contributed by atoms with Crippen LogP contribution in [0.5, 0.6) is 0 Å². The molecule has 1 aliphatic heterocycles. The molecule has 0 saturated heterocycles. The van der Waals surface area contributed by atoms with Gasteiger partial charge >= 0.3 is 0 Å². The Labute approximate surface area is 159 Å². The van der Waals surface area contributed by atoms with Gasteiger partial charge in [-0.25, -0.2) is 9.88 Å². The van der Waals surface area contributed by atoms with Gasteiger partial charge in [0.15, 0.2) is 0 Å². The van der Waals surface area contributed by atoms with Crippen molar-refractivity contribution in [1.29, 1.82) is 0 Å². The summed E-state index contributed by atoms with van der Waals surface area (Å²) in [4.78, 5) is 31.4. The predicted octanol–water partition coefficient (Wildman–Crippen LogP) is 5.07. The van der Waals surface area contributed by atoms with Crippen LogP contribution in [0.2, 0.25) is 0 Å². The first kappa shape index (κ1) is 15.9. The molecule has 5 rings (SSSR count). The summed E-state index contributed by atoms with van der Waals surface area (Å²) in [6.45, 7) is 1.91. The number of carbonyl (C=O) groups excluding carboxylic acids is 2. The van der Waals surface area contributed by atoms with Crippen molar-refractivity contribution in [3.8, 4) is 10.6 Å². The van der Waals surface area contributed by atoms with Gasteiger partial charge in [0.2, 0.25) is 0 Å². The van der Waals surface area contributed by atoms with E-state index in [2.05, 4.69) is 11.1 Å². The lowest BCUT2D eigenvalue weighted by molar-refractivity contribution is 0.0926. The van der Waals surface area contributed by atoms with Gasteiger partial charge in [0.25, 0.3) is 11.8 Å². The fourth-order valence-electron chi connectivity index (χ4n) is 3.44. The number of aryl methyl sites for hydroxylation is 1. The third-order valence-electron chi connectivity index (χ3n) is 4.77. The molecule has 1 aromatic heterocycles. The Morgan fingerprint density at radius 1 is 0.852 bits per heavy atom. The Bertz CT molecular complexity index is 1170. The summed E-state index contributed by atoms with van der Waals surface area (Å²) in [5.74, 6) is -0.544. The van der Waals surface area contributed by atoms with E-state index in [1.165, 1.54) is 4.90 Å². The van der Waals surface area contributed by atoms with E-state index in [0.29, 0.717) is 16.8 Å². The summed E-state index contributed by atoms with van der Waals surface area (Å²) in [6, 6.07) is 20.7. The minimum atomic E-state index is -0.272. The zero-order valence-electron chi connectivity index (χ0n) is 14.5. The van der Waals surface area contributed by atoms with Crippen LogP contribution in [-0.4, -0.2) is 16.8 Å². The number of hydrogen-bond acceptors (Lipinski definition) is 4. The number of amides is 2. The van der Waals surface area contributed by atoms with Crippen LogP contribution in [0, 0.1) is 6.92 Å². The van der Waals surface area contributed by atoms with E-state index in [1.807, 2.05) is 43.3 Å². The van der Waals surface area contributed by atoms with Crippen molar-refractivity contribution >= 4 is 39.1 Å². The van der Waals surface area contributed by atoms with Gasteiger partial charge in [-0.2, -0.15) is 0 Å². The smallest absolute Gasteiger partial charge is 0.266 e. The lowest BCUT2D eigenvalue weighted by Crippen LogP contribution is -2.30. The van der Waals surface area contributed by atoms with Crippen LogP contribution in [0.1, 0.15) is 26.3 Å². The van der Waals surface area contributed by atoms with Crippen LogP contribution in [0.3, 0.4) is 0 Å². The summed E-state index contributed by atoms with van der Waals surface area (Å²) in [7, 11) is 0. The first-order valence-electron chi connectivity index (χ1n) is 8.58. The van der Waals surface area contributed by atoms with Gasteiger partial charge in [0.05, 0.1) is 27.0 Å². The standard InChI is InChI=1S/C22H14N2O2S/c1-13-12-14(20-23-17-8-4-5-9-19(17)27-20)10-11-18(13)24-21(25)15-6-2-3-7-16(15)22(24)26/h2-12H,1H3. The average Bonchev–Trinajstić information content (AvgIpc) is 3.22. The monoisotopic (exact) mass is 370 g/mol. The highest BCUT2D eigenvalue weighted by atomic mass is 32.1. The fourth-order valence-corrected chi connectivity index (χ4v) is 4.41. The highest BCUT2D eigenvalue weighted by Gasteiger charge is 2.36. The lowest BCUT2D eigenvalue weighted by Gasteiger charge is -2.17. The zero-order chi connectivity index (χ0) is 18.5. The fraction of sp³-hybridized carbons (Fsp3) is 0.0455. The molecule has 0 saturated carbocycles. The molecule has 2 heterocycles. The predicted molar refractivity (Wildman–Crippen MR) is 107 cm³/mol. The van der Waals surface area contributed by atoms with Crippen molar-refractivity contribution in [1.82, 2.24) is 4.98 Å². The largest absolute Gasteiger partial charge is 0.268 e. The van der Waals surface area contributed by atoms with E-state index in [9.17, 15) is 9.59 Å². The van der Waals surface area contributed by atoms with Crippen LogP contribution < -0.4 is 4.90 Å². The van der Waals surface area contributed by atoms with Crippen molar-refractivity contribution < 1.29 is 9.59 Å². The van der Waals surface area contributed by atoms with Gasteiger partial charge in [-0.1, -0.05) is 24.3 Å². The number of carbonyl (C=O) groups is 2. The van der Waals surface area contributed by atoms with Crippen LogP contribution in [0.25, 0.3) is 20.8 Å². The third-order valence-corrected chi connectivity index (χ3v) is 5.86. The second kappa shape index (κ2) is 5.86. The molecule has 3 aromatic carbocycles. The molecule has 27 heavy (non-hydrogen) atoms. The first-order chi connectivity index (χ1) is 13.1. The Hall–Kier alpha value is -3.31. The van der Waals surface area contributed by atoms with E-state index >= 15 is 0 Å². The molecule has 0 bridgehead atoms. The summed E-state index contributed by atoms with van der Waals surface area (Å²) < 4.78 is 1.13. The Balaban J connectivity index is 1.56. The van der Waals surface area contributed by atoms with Crippen molar-refractivity contribution in [2.24, 2.45) is 0 Å². The maximum Gasteiger partial charge on any atom is 0.266 e. The highest BCUT2D eigenvalue weighted by Crippen LogP contribution is 2.35. The molecule has 2 amide bonds. The van der Waals surface area contributed by atoms with E-state index < -0.39 is 0 Å². The molecule has 0 aliphatic carbocycles. The van der Waals surface area contributed by atoms with Gasteiger partial charge < -0.3 is 0 Å². The Morgan fingerprint density at radius 2 is 1.52 bits per heavy atom. The van der Waals surface area contributed by atoms with Crippen LogP contribution in [0.15, 0.2) is 66.7 Å². The minimum absolute atomic E-state index is 0.272. The molecule has 0 unspecified atom stereocenters. The minimum Gasteiger partial charge on any atom is -0.268 e. The molecule has 4 nitrogen and oxygen atoms in total. The number of thiazole rings is 1. The maximum absolute atomic E-state index is 12.7. The number of rotatable bonds is 2. The Kier molecular flexibility index (Phi) is 3.45. The number of benzene rings is 3. The van der Waals surface area contributed by atoms with E-state index in [-0.39, 0.29) is 11.8 Å². The van der Waals surface area contributed by atoms with Crippen LogP contribution in [-0.2, 0) is 0 Å². The molecule has 5 heteroatoms. The number of fused-ring (bicyclic) bond motifs is 2. The zero-order valence-corrected chi connectivity index (χ0v) is 15.3. The van der Waals surface area contributed by atoms with Crippen molar-refractivity contribution in [2.75, 3.05) is 4.90 Å². The molecule has 130 valence electrons. The van der Waals surface area contributed by atoms with Crippen molar-refractivity contribution in [3.05, 3.63) is 83.4 Å². The van der Waals surface area contributed by atoms with Crippen molar-refractivity contribution in [2.45, 2.75) is 6.92 Å². The quantitative estimate of drug-likeness (QED) is 0.463. The molecule has 0 radical (unpaired) electrons. The lowest BCUT2D eigenvalue weighted by atomic mass is 10.1. The highest BCUT2D eigenvalue weighted by molar-refractivity contribution is 7.21. The summed E-state index contributed by atoms with van der Waals surface area (Å²) in [5.41, 5.74) is 4.34. The summed E-state index contributed by atoms with van der Waals surface area (Å²) >= 11 is 1.63. The SMILES string of the molecule is Cc1cc(-c2nc3ccccc3s2)ccc1N1C(=O)c2ccccc2C1=O. The molecule has 0 fully saturated rings. The second-order valence-corrected chi connectivity index (χ2v) is 7.51. The maximum atomic E-state index is 12.7. The number of para-hydroxylation sites is 1. The second-order valence-electron chi connectivity index (χ2n) is 6.48. The van der Waals surface area contributed by atoms with Gasteiger partial charge in [0, 0.05) is 5.56 Å². The van der Waals surface area contributed by atoms with Gasteiger partial charge in [-0.15, -0.1) is 11.3 Å². The van der Waals surface area contributed by atoms with Crippen LogP contribution in [0.4, 0.5) is 5.69 Å². The topological polar surface area (TPSA) is 50.3 Å². The third kappa shape index (κ3) is 2.39. The number of anilines is 1. The molecule has 4 aromatic rings. The first-order valence-corrected chi connectivity index (χ1v) is 9.39. The molecule has 1 aliphatic rings. The summed E-state index contributed by atoms with van der Waals surface area (Å²) in [6.07, 6.45) is 0. The van der Waals surface area contributed by atoms with E-state index in [1.54, 1.807) is 35.6 Å². The van der Waals surface area contributed by atoms with E-state index in [4.69, 9.17) is 0 Å². The molecule has 0 N–H and O–H groups in total. The Morgan fingerprint density at radius 3 is 2.19 bits per heavy atom. The van der Waals surface area contributed by atoms with Gasteiger partial charge in [-0.05, 0) is 55.0 Å². The van der Waals surface area contributed by atoms with Crippen LogP contribution >= 0.6 is 11.3 Å². The molecule has 0 atom stereocenters. The summed E-state index contributed by atoms with van der Waals surface area (Å²) in [5, 5.41) is 0.924. The van der Waals surface area contributed by atoms with Gasteiger partial charge in [0.1, 0.15) is 5.01 Å². The van der Waals surface area contributed by atoms with Gasteiger partial charge in [-0.3, -0.25) is 9.59 Å². The molecular formula is C22H14N2O2S. The number of imide groups is 1. The number of aromatic nitrogens is 1. The number of hydrogen-bond donors (Lipinski definition) is 0. The normalized spacial score (nSPS) is 13.4.